The van der Waals surface area contributed by atoms with Gasteiger partial charge in [-0.1, -0.05) is 99.9 Å². The molecule has 0 amide bonds. The molecule has 0 spiro atoms. The van der Waals surface area contributed by atoms with Crippen molar-refractivity contribution < 1.29 is 25.2 Å². The van der Waals surface area contributed by atoms with E-state index in [9.17, 15) is 16.8 Å². The molecule has 202 valence electrons. The van der Waals surface area contributed by atoms with Gasteiger partial charge in [0.1, 0.15) is 9.79 Å². The Morgan fingerprint density at radius 3 is 1.16 bits per heavy atom. The van der Waals surface area contributed by atoms with Gasteiger partial charge in [0.05, 0.1) is 30.4 Å². The maximum absolute atomic E-state index is 13.8. The van der Waals surface area contributed by atoms with Crippen LogP contribution in [0.25, 0.3) is 32.7 Å². The van der Waals surface area contributed by atoms with E-state index in [2.05, 4.69) is 39.3 Å². The molecule has 0 aromatic heterocycles. The van der Waals surface area contributed by atoms with Gasteiger partial charge in [-0.3, -0.25) is 8.37 Å². The van der Waals surface area contributed by atoms with Crippen molar-refractivity contribution in [1.29, 1.82) is 0 Å². The van der Waals surface area contributed by atoms with Gasteiger partial charge in [-0.2, -0.15) is 16.8 Å². The van der Waals surface area contributed by atoms with Crippen LogP contribution in [0, 0.1) is 0 Å². The summed E-state index contributed by atoms with van der Waals surface area (Å²) in [5.41, 5.74) is 0.684. The molecule has 0 radical (unpaired) electrons. The van der Waals surface area contributed by atoms with Crippen molar-refractivity contribution >= 4 is 68.3 Å². The molecule has 0 saturated heterocycles. The molecule has 0 aliphatic heterocycles. The first-order valence-corrected chi connectivity index (χ1v) is 22.1. The molecule has 0 N–H and O–H groups in total. The SMILES string of the molecule is COS(=O)(=O)c1c([Si](C)(C)C)cc2ccccc2c1-c1c(S(=O)(=O)OC)c([Si](C)(C)C)cc2ccccc12. The van der Waals surface area contributed by atoms with E-state index >= 15 is 0 Å². The molecule has 38 heavy (non-hydrogen) atoms. The van der Waals surface area contributed by atoms with Crippen LogP contribution in [0.15, 0.2) is 70.5 Å². The predicted molar refractivity (Wildman–Crippen MR) is 161 cm³/mol. The highest BCUT2D eigenvalue weighted by Crippen LogP contribution is 2.43. The second-order valence-corrected chi connectivity index (χ2v) is 24.8. The van der Waals surface area contributed by atoms with Crippen LogP contribution in [0.4, 0.5) is 0 Å². The number of hydrogen-bond donors (Lipinski definition) is 0. The Hall–Kier alpha value is -2.35. The van der Waals surface area contributed by atoms with Crippen LogP contribution in [0.2, 0.25) is 39.3 Å². The van der Waals surface area contributed by atoms with Gasteiger partial charge in [0, 0.05) is 11.1 Å². The van der Waals surface area contributed by atoms with Gasteiger partial charge in [-0.05, 0) is 31.9 Å². The smallest absolute Gasteiger partial charge is 0.270 e. The lowest BCUT2D eigenvalue weighted by molar-refractivity contribution is 0.396. The molecule has 0 fully saturated rings. The van der Waals surface area contributed by atoms with Gasteiger partial charge >= 0.3 is 0 Å². The lowest BCUT2D eigenvalue weighted by atomic mass is 9.93. The summed E-state index contributed by atoms with van der Waals surface area (Å²) in [5, 5.41) is 4.29. The van der Waals surface area contributed by atoms with E-state index in [0.717, 1.165) is 25.0 Å². The van der Waals surface area contributed by atoms with Crippen molar-refractivity contribution in [3.63, 3.8) is 0 Å². The maximum Gasteiger partial charge on any atom is 0.297 e. The first kappa shape index (κ1) is 28.7. The average Bonchev–Trinajstić information content (AvgIpc) is 2.85. The van der Waals surface area contributed by atoms with Crippen molar-refractivity contribution in [1.82, 2.24) is 0 Å². The molecule has 0 saturated carbocycles. The lowest BCUT2D eigenvalue weighted by Crippen LogP contribution is -2.43. The van der Waals surface area contributed by atoms with E-state index in [-0.39, 0.29) is 9.79 Å². The fourth-order valence-corrected chi connectivity index (χ4v) is 12.2. The first-order chi connectivity index (χ1) is 17.5. The summed E-state index contributed by atoms with van der Waals surface area (Å²) in [7, 11) is -10.8. The highest BCUT2D eigenvalue weighted by atomic mass is 32.2. The van der Waals surface area contributed by atoms with E-state index < -0.39 is 36.4 Å². The Kier molecular flexibility index (Phi) is 7.30. The fraction of sp³-hybridized carbons (Fsp3) is 0.286. The predicted octanol–water partition coefficient (Wildman–Crippen LogP) is 5.42. The van der Waals surface area contributed by atoms with E-state index in [1.54, 1.807) is 0 Å². The first-order valence-electron chi connectivity index (χ1n) is 12.3. The minimum Gasteiger partial charge on any atom is -0.270 e. The molecule has 0 aliphatic rings. The Labute approximate surface area is 227 Å². The molecule has 4 rings (SSSR count). The second kappa shape index (κ2) is 9.69. The molecule has 0 unspecified atom stereocenters. The Morgan fingerprint density at radius 2 is 0.868 bits per heavy atom. The summed E-state index contributed by atoms with van der Waals surface area (Å²) in [6.07, 6.45) is 0. The Morgan fingerprint density at radius 1 is 0.553 bits per heavy atom. The summed E-state index contributed by atoms with van der Waals surface area (Å²) < 4.78 is 65.4. The maximum atomic E-state index is 13.8. The van der Waals surface area contributed by atoms with E-state index in [4.69, 9.17) is 8.37 Å². The highest BCUT2D eigenvalue weighted by molar-refractivity contribution is 7.87. The summed E-state index contributed by atoms with van der Waals surface area (Å²) in [6.45, 7) is 12.4. The lowest BCUT2D eigenvalue weighted by Gasteiger charge is -2.28. The molecule has 0 aliphatic carbocycles. The zero-order valence-electron chi connectivity index (χ0n) is 23.0. The largest absolute Gasteiger partial charge is 0.297 e. The van der Waals surface area contributed by atoms with Crippen molar-refractivity contribution in [2.45, 2.75) is 49.1 Å². The number of benzene rings is 4. The molecule has 0 heterocycles. The molecule has 6 nitrogen and oxygen atoms in total. The third-order valence-corrected chi connectivity index (χ3v) is 13.9. The highest BCUT2D eigenvalue weighted by Gasteiger charge is 2.37. The molecule has 4 aromatic rings. The molecule has 10 heteroatoms. The van der Waals surface area contributed by atoms with Gasteiger partial charge in [0.15, 0.2) is 0 Å². The zero-order chi connectivity index (χ0) is 28.3. The second-order valence-electron chi connectivity index (χ2n) is 11.4. The molecule has 4 aromatic carbocycles. The minimum atomic E-state index is -4.26. The van der Waals surface area contributed by atoms with Gasteiger partial charge in [0.25, 0.3) is 20.2 Å². The third-order valence-electron chi connectivity index (χ3n) is 6.81. The van der Waals surface area contributed by atoms with Gasteiger partial charge in [0.2, 0.25) is 0 Å². The van der Waals surface area contributed by atoms with E-state index in [1.165, 1.54) is 0 Å². The summed E-state index contributed by atoms with van der Waals surface area (Å²) in [5.74, 6) is 0. The number of fused-ring (bicyclic) bond motifs is 2. The van der Waals surface area contributed by atoms with Crippen molar-refractivity contribution in [2.24, 2.45) is 0 Å². The molecular weight excluding hydrogens is 553 g/mol. The fourth-order valence-electron chi connectivity index (χ4n) is 4.95. The number of hydrogen-bond acceptors (Lipinski definition) is 6. The Balaban J connectivity index is 2.51. The summed E-state index contributed by atoms with van der Waals surface area (Å²) in [4.78, 5) is 0.0617. The van der Waals surface area contributed by atoms with Crippen LogP contribution in [0.5, 0.6) is 0 Å². The van der Waals surface area contributed by atoms with Gasteiger partial charge in [-0.15, -0.1) is 0 Å². The molecule has 0 bridgehead atoms. The zero-order valence-corrected chi connectivity index (χ0v) is 26.7. The van der Waals surface area contributed by atoms with Crippen molar-refractivity contribution in [2.75, 3.05) is 14.2 Å². The standard InChI is InChI=1S/C28H34O6S2Si2/c1-33-35(29,30)27-23(37(3,4)5)17-19-13-9-11-15-21(19)25(27)26-22-16-12-10-14-20(22)18-24(38(6,7)8)28(26)36(31,32)34-2/h9-18H,1-8H3. The quantitative estimate of drug-likeness (QED) is 0.212. The van der Waals surface area contributed by atoms with Gasteiger partial charge < -0.3 is 0 Å². The van der Waals surface area contributed by atoms with Crippen molar-refractivity contribution in [3.05, 3.63) is 60.7 Å². The topological polar surface area (TPSA) is 86.7 Å². The van der Waals surface area contributed by atoms with Crippen LogP contribution in [0.3, 0.4) is 0 Å². The normalized spacial score (nSPS) is 13.4. The monoisotopic (exact) mass is 586 g/mol. The van der Waals surface area contributed by atoms with E-state index in [1.807, 2.05) is 60.7 Å². The van der Waals surface area contributed by atoms with Crippen LogP contribution in [0.1, 0.15) is 0 Å². The molecule has 0 atom stereocenters. The van der Waals surface area contributed by atoms with Gasteiger partial charge in [-0.25, -0.2) is 0 Å². The number of rotatable bonds is 7. The average molecular weight is 587 g/mol. The van der Waals surface area contributed by atoms with Crippen molar-refractivity contribution in [3.8, 4) is 11.1 Å². The minimum absolute atomic E-state index is 0.0308. The van der Waals surface area contributed by atoms with Crippen LogP contribution < -0.4 is 10.4 Å². The van der Waals surface area contributed by atoms with Crippen LogP contribution in [-0.4, -0.2) is 47.2 Å². The molecular formula is C28H34O6S2Si2. The van der Waals surface area contributed by atoms with E-state index in [0.29, 0.717) is 32.3 Å². The summed E-state index contributed by atoms with van der Waals surface area (Å²) in [6, 6.07) is 18.8. The Bertz CT molecular complexity index is 1650. The third kappa shape index (κ3) is 4.89. The van der Waals surface area contributed by atoms with Crippen LogP contribution in [-0.2, 0) is 28.6 Å². The van der Waals surface area contributed by atoms with Crippen LogP contribution >= 0.6 is 0 Å². The summed E-state index contributed by atoms with van der Waals surface area (Å²) >= 11 is 0.